The van der Waals surface area contributed by atoms with Gasteiger partial charge in [0.05, 0.1) is 5.69 Å². The number of carbonyl (C=O) groups is 1. The molecule has 0 heterocycles. The SMILES string of the molecule is O=C(COc1ccc(F)cc1)NNc1ccccc1. The summed E-state index contributed by atoms with van der Waals surface area (Å²) in [5.41, 5.74) is 6.02. The number of hydrazine groups is 1. The highest BCUT2D eigenvalue weighted by Crippen LogP contribution is 2.10. The van der Waals surface area contributed by atoms with Crippen molar-refractivity contribution in [1.82, 2.24) is 5.43 Å². The predicted molar refractivity (Wildman–Crippen MR) is 70.1 cm³/mol. The minimum absolute atomic E-state index is 0.147. The Morgan fingerprint density at radius 1 is 1.05 bits per heavy atom. The Labute approximate surface area is 110 Å². The second kappa shape index (κ2) is 6.39. The van der Waals surface area contributed by atoms with Gasteiger partial charge in [-0.2, -0.15) is 0 Å². The Morgan fingerprint density at radius 2 is 1.74 bits per heavy atom. The van der Waals surface area contributed by atoms with Gasteiger partial charge in [0.2, 0.25) is 0 Å². The molecule has 0 saturated heterocycles. The monoisotopic (exact) mass is 260 g/mol. The van der Waals surface area contributed by atoms with Crippen molar-refractivity contribution < 1.29 is 13.9 Å². The van der Waals surface area contributed by atoms with Crippen LogP contribution in [0.5, 0.6) is 5.75 Å². The maximum Gasteiger partial charge on any atom is 0.276 e. The van der Waals surface area contributed by atoms with Gasteiger partial charge in [0.1, 0.15) is 11.6 Å². The number of para-hydroxylation sites is 1. The molecule has 0 aliphatic heterocycles. The molecule has 0 atom stereocenters. The molecule has 0 radical (unpaired) electrons. The highest BCUT2D eigenvalue weighted by atomic mass is 19.1. The molecule has 0 saturated carbocycles. The Hall–Kier alpha value is -2.56. The summed E-state index contributed by atoms with van der Waals surface area (Å²) in [7, 11) is 0. The van der Waals surface area contributed by atoms with Crippen LogP contribution in [0.4, 0.5) is 10.1 Å². The number of nitrogens with one attached hydrogen (secondary N) is 2. The molecule has 0 spiro atoms. The van der Waals surface area contributed by atoms with Crippen molar-refractivity contribution >= 4 is 11.6 Å². The first kappa shape index (κ1) is 12.9. The Balaban J connectivity index is 1.74. The number of hydrogen-bond donors (Lipinski definition) is 2. The lowest BCUT2D eigenvalue weighted by molar-refractivity contribution is -0.122. The van der Waals surface area contributed by atoms with E-state index < -0.39 is 0 Å². The van der Waals surface area contributed by atoms with Crippen molar-refractivity contribution in [2.45, 2.75) is 0 Å². The number of hydrogen-bond acceptors (Lipinski definition) is 3. The molecule has 2 rings (SSSR count). The maximum absolute atomic E-state index is 12.6. The topological polar surface area (TPSA) is 50.4 Å². The van der Waals surface area contributed by atoms with Gasteiger partial charge in [-0.25, -0.2) is 4.39 Å². The molecule has 0 aromatic heterocycles. The zero-order valence-corrected chi connectivity index (χ0v) is 10.1. The van der Waals surface area contributed by atoms with Crippen molar-refractivity contribution in [2.75, 3.05) is 12.0 Å². The van der Waals surface area contributed by atoms with Crippen molar-refractivity contribution in [3.8, 4) is 5.75 Å². The molecule has 0 aliphatic rings. The average Bonchev–Trinajstić information content (AvgIpc) is 2.45. The molecule has 19 heavy (non-hydrogen) atoms. The Morgan fingerprint density at radius 3 is 2.42 bits per heavy atom. The molecule has 5 heteroatoms. The number of ether oxygens (including phenoxy) is 1. The molecule has 0 fully saturated rings. The van der Waals surface area contributed by atoms with E-state index in [1.54, 1.807) is 0 Å². The third-order valence-electron chi connectivity index (χ3n) is 2.30. The van der Waals surface area contributed by atoms with Gasteiger partial charge in [0, 0.05) is 0 Å². The van der Waals surface area contributed by atoms with E-state index in [-0.39, 0.29) is 18.3 Å². The van der Waals surface area contributed by atoms with Gasteiger partial charge in [-0.3, -0.25) is 15.6 Å². The van der Waals surface area contributed by atoms with E-state index in [0.29, 0.717) is 5.75 Å². The smallest absolute Gasteiger partial charge is 0.276 e. The van der Waals surface area contributed by atoms with Crippen LogP contribution in [-0.4, -0.2) is 12.5 Å². The van der Waals surface area contributed by atoms with Crippen molar-refractivity contribution in [1.29, 1.82) is 0 Å². The van der Waals surface area contributed by atoms with E-state index in [9.17, 15) is 9.18 Å². The van der Waals surface area contributed by atoms with Gasteiger partial charge in [-0.15, -0.1) is 0 Å². The fraction of sp³-hybridized carbons (Fsp3) is 0.0714. The normalized spacial score (nSPS) is 9.74. The number of anilines is 1. The van der Waals surface area contributed by atoms with E-state index in [1.165, 1.54) is 24.3 Å². The molecule has 2 aromatic rings. The van der Waals surface area contributed by atoms with Gasteiger partial charge < -0.3 is 4.74 Å². The van der Waals surface area contributed by atoms with Crippen LogP contribution in [0.2, 0.25) is 0 Å². The Bertz CT molecular complexity index is 529. The number of amides is 1. The predicted octanol–water partition coefficient (Wildman–Crippen LogP) is 2.35. The molecule has 1 amide bonds. The standard InChI is InChI=1S/C14H13FN2O2/c15-11-6-8-13(9-7-11)19-10-14(18)17-16-12-4-2-1-3-5-12/h1-9,16H,10H2,(H,17,18). The van der Waals surface area contributed by atoms with Crippen LogP contribution in [0.1, 0.15) is 0 Å². The van der Waals surface area contributed by atoms with Gasteiger partial charge in [-0.05, 0) is 36.4 Å². The first-order chi connectivity index (χ1) is 9.24. The van der Waals surface area contributed by atoms with Gasteiger partial charge >= 0.3 is 0 Å². The third kappa shape index (κ3) is 4.31. The summed E-state index contributed by atoms with van der Waals surface area (Å²) in [4.78, 5) is 11.5. The lowest BCUT2D eigenvalue weighted by Gasteiger charge is -2.09. The van der Waals surface area contributed by atoms with Crippen LogP contribution in [0.3, 0.4) is 0 Å². The van der Waals surface area contributed by atoms with Gasteiger partial charge in [0.15, 0.2) is 6.61 Å². The molecular weight excluding hydrogens is 247 g/mol. The first-order valence-electron chi connectivity index (χ1n) is 5.72. The number of rotatable bonds is 5. The average molecular weight is 260 g/mol. The summed E-state index contributed by atoms with van der Waals surface area (Å²) in [6, 6.07) is 14.7. The Kier molecular flexibility index (Phi) is 4.34. The van der Waals surface area contributed by atoms with Crippen LogP contribution in [-0.2, 0) is 4.79 Å². The van der Waals surface area contributed by atoms with Crippen LogP contribution in [0.15, 0.2) is 54.6 Å². The fourth-order valence-corrected chi connectivity index (χ4v) is 1.38. The van der Waals surface area contributed by atoms with E-state index in [2.05, 4.69) is 10.9 Å². The summed E-state index contributed by atoms with van der Waals surface area (Å²) in [6.45, 7) is -0.147. The van der Waals surface area contributed by atoms with Crippen LogP contribution >= 0.6 is 0 Å². The summed E-state index contributed by atoms with van der Waals surface area (Å²) in [5, 5.41) is 0. The molecule has 0 unspecified atom stereocenters. The summed E-state index contributed by atoms with van der Waals surface area (Å²) >= 11 is 0. The maximum atomic E-state index is 12.6. The van der Waals surface area contributed by atoms with E-state index in [4.69, 9.17) is 4.74 Å². The van der Waals surface area contributed by atoms with Crippen molar-refractivity contribution in [3.63, 3.8) is 0 Å². The molecule has 2 aromatic carbocycles. The molecule has 0 bridgehead atoms. The molecule has 0 aliphatic carbocycles. The van der Waals surface area contributed by atoms with E-state index >= 15 is 0 Å². The lowest BCUT2D eigenvalue weighted by Crippen LogP contribution is -2.33. The minimum atomic E-state index is -0.345. The largest absolute Gasteiger partial charge is 0.484 e. The third-order valence-corrected chi connectivity index (χ3v) is 2.30. The van der Waals surface area contributed by atoms with Crippen molar-refractivity contribution in [2.24, 2.45) is 0 Å². The van der Waals surface area contributed by atoms with E-state index in [0.717, 1.165) is 5.69 Å². The summed E-state index contributed by atoms with van der Waals surface area (Å²) in [6.07, 6.45) is 0. The second-order valence-corrected chi connectivity index (χ2v) is 3.78. The zero-order chi connectivity index (χ0) is 13.5. The van der Waals surface area contributed by atoms with Crippen LogP contribution < -0.4 is 15.6 Å². The molecule has 2 N–H and O–H groups in total. The summed E-state index contributed by atoms with van der Waals surface area (Å²) < 4.78 is 17.8. The van der Waals surface area contributed by atoms with Crippen molar-refractivity contribution in [3.05, 3.63) is 60.4 Å². The highest BCUT2D eigenvalue weighted by molar-refractivity contribution is 5.78. The van der Waals surface area contributed by atoms with Gasteiger partial charge in [-0.1, -0.05) is 18.2 Å². The van der Waals surface area contributed by atoms with E-state index in [1.807, 2.05) is 30.3 Å². The molecular formula is C14H13FN2O2. The zero-order valence-electron chi connectivity index (χ0n) is 10.1. The van der Waals surface area contributed by atoms with Crippen LogP contribution in [0, 0.1) is 5.82 Å². The highest BCUT2D eigenvalue weighted by Gasteiger charge is 2.02. The number of halogens is 1. The van der Waals surface area contributed by atoms with Gasteiger partial charge in [0.25, 0.3) is 5.91 Å². The molecule has 98 valence electrons. The quantitative estimate of drug-likeness (QED) is 0.811. The first-order valence-corrected chi connectivity index (χ1v) is 5.72. The minimum Gasteiger partial charge on any atom is -0.484 e. The van der Waals surface area contributed by atoms with Crippen LogP contribution in [0.25, 0.3) is 0 Å². The summed E-state index contributed by atoms with van der Waals surface area (Å²) in [5.74, 6) is -0.230. The second-order valence-electron chi connectivity index (χ2n) is 3.78. The molecule has 4 nitrogen and oxygen atoms in total. The lowest BCUT2D eigenvalue weighted by atomic mass is 10.3. The number of carbonyl (C=O) groups excluding carboxylic acids is 1. The fourth-order valence-electron chi connectivity index (χ4n) is 1.38. The number of benzene rings is 2.